The first-order valence-corrected chi connectivity index (χ1v) is 6.71. The van der Waals surface area contributed by atoms with Crippen LogP contribution in [0.5, 0.6) is 0 Å². The van der Waals surface area contributed by atoms with E-state index < -0.39 is 16.4 Å². The van der Waals surface area contributed by atoms with E-state index in [1.807, 2.05) is 24.3 Å². The van der Waals surface area contributed by atoms with Crippen molar-refractivity contribution in [3.05, 3.63) is 46.9 Å². The molecule has 4 heteroatoms. The molecule has 0 saturated carbocycles. The second kappa shape index (κ2) is 3.42. The molecule has 1 heterocycles. The predicted molar refractivity (Wildman–Crippen MR) is 66.2 cm³/mol. The standard InChI is InChI=1S/C13H10O3S/c14-8-11-7-10-6-5-9-3-1-2-4-12(9)13(10)17(11,15)16/h1-7,14H,8H2. The smallest absolute Gasteiger partial charge is 0.206 e. The molecule has 17 heavy (non-hydrogen) atoms. The lowest BCUT2D eigenvalue weighted by atomic mass is 10.1. The summed E-state index contributed by atoms with van der Waals surface area (Å²) in [6.45, 7) is -0.453. The summed E-state index contributed by atoms with van der Waals surface area (Å²) in [5.41, 5.74) is 0.660. The summed E-state index contributed by atoms with van der Waals surface area (Å²) in [6.07, 6.45) is 1.54. The zero-order chi connectivity index (χ0) is 12.0. The average Bonchev–Trinajstić information content (AvgIpc) is 2.61. The van der Waals surface area contributed by atoms with Gasteiger partial charge in [-0.1, -0.05) is 36.4 Å². The number of rotatable bonds is 1. The molecule has 2 aromatic carbocycles. The lowest BCUT2D eigenvalue weighted by Crippen LogP contribution is -2.04. The molecule has 0 aromatic heterocycles. The summed E-state index contributed by atoms with van der Waals surface area (Å²) in [5, 5.41) is 10.7. The summed E-state index contributed by atoms with van der Waals surface area (Å²) in [7, 11) is -3.51. The maximum absolute atomic E-state index is 12.2. The van der Waals surface area contributed by atoms with Crippen molar-refractivity contribution in [2.75, 3.05) is 6.61 Å². The summed E-state index contributed by atoms with van der Waals surface area (Å²) >= 11 is 0. The molecule has 0 radical (unpaired) electrons. The molecule has 3 nitrogen and oxygen atoms in total. The van der Waals surface area contributed by atoms with Crippen molar-refractivity contribution in [3.63, 3.8) is 0 Å². The van der Waals surface area contributed by atoms with Crippen molar-refractivity contribution in [1.29, 1.82) is 0 Å². The number of fused-ring (bicyclic) bond motifs is 3. The van der Waals surface area contributed by atoms with Crippen LogP contribution in [-0.2, 0) is 9.84 Å². The fraction of sp³-hybridized carbons (Fsp3) is 0.0769. The second-order valence-electron chi connectivity index (χ2n) is 3.98. The molecule has 0 spiro atoms. The second-order valence-corrected chi connectivity index (χ2v) is 5.92. The molecule has 0 amide bonds. The minimum atomic E-state index is -3.51. The van der Waals surface area contributed by atoms with Gasteiger partial charge < -0.3 is 5.11 Å². The summed E-state index contributed by atoms with van der Waals surface area (Å²) in [4.78, 5) is 0.392. The van der Waals surface area contributed by atoms with E-state index in [1.165, 1.54) is 6.08 Å². The molecule has 1 N–H and O–H groups in total. The van der Waals surface area contributed by atoms with Gasteiger partial charge in [-0.2, -0.15) is 0 Å². The van der Waals surface area contributed by atoms with Crippen molar-refractivity contribution in [2.24, 2.45) is 0 Å². The Morgan fingerprint density at radius 3 is 2.59 bits per heavy atom. The Balaban J connectivity index is 2.45. The Morgan fingerprint density at radius 2 is 1.82 bits per heavy atom. The van der Waals surface area contributed by atoms with Crippen molar-refractivity contribution >= 4 is 26.7 Å². The Hall–Kier alpha value is -1.65. The van der Waals surface area contributed by atoms with Gasteiger partial charge in [0, 0.05) is 5.39 Å². The SMILES string of the molecule is O=S1(=O)C(CO)=Cc2ccc3ccccc3c21. The fourth-order valence-electron chi connectivity index (χ4n) is 2.19. The molecule has 0 unspecified atom stereocenters. The highest BCUT2D eigenvalue weighted by Gasteiger charge is 2.30. The minimum absolute atomic E-state index is 0.0730. The van der Waals surface area contributed by atoms with Crippen LogP contribution < -0.4 is 0 Å². The van der Waals surface area contributed by atoms with Gasteiger partial charge in [0.1, 0.15) is 0 Å². The van der Waals surface area contributed by atoms with Gasteiger partial charge in [-0.25, -0.2) is 8.42 Å². The lowest BCUT2D eigenvalue weighted by molar-refractivity contribution is 0.339. The van der Waals surface area contributed by atoms with Crippen LogP contribution in [0, 0.1) is 0 Å². The summed E-state index contributed by atoms with van der Waals surface area (Å²) < 4.78 is 24.4. The maximum atomic E-state index is 12.2. The maximum Gasteiger partial charge on any atom is 0.206 e. The van der Waals surface area contributed by atoms with E-state index in [1.54, 1.807) is 12.1 Å². The topological polar surface area (TPSA) is 54.4 Å². The van der Waals surface area contributed by atoms with E-state index in [2.05, 4.69) is 0 Å². The van der Waals surface area contributed by atoms with Crippen LogP contribution in [0.1, 0.15) is 5.56 Å². The fourth-order valence-corrected chi connectivity index (χ4v) is 3.81. The molecule has 0 saturated heterocycles. The van der Waals surface area contributed by atoms with E-state index in [0.717, 1.165) is 5.39 Å². The number of hydrogen-bond donors (Lipinski definition) is 1. The first kappa shape index (κ1) is 10.5. The third kappa shape index (κ3) is 1.34. The zero-order valence-corrected chi connectivity index (χ0v) is 9.74. The predicted octanol–water partition coefficient (Wildman–Crippen LogP) is 1.96. The van der Waals surface area contributed by atoms with Gasteiger partial charge >= 0.3 is 0 Å². The van der Waals surface area contributed by atoms with Crippen molar-refractivity contribution < 1.29 is 13.5 Å². The van der Waals surface area contributed by atoms with Crippen LogP contribution in [0.2, 0.25) is 0 Å². The molecule has 1 aliphatic rings. The highest BCUT2D eigenvalue weighted by atomic mass is 32.2. The van der Waals surface area contributed by atoms with Crippen molar-refractivity contribution in [3.8, 4) is 0 Å². The third-order valence-corrected chi connectivity index (χ3v) is 4.93. The summed E-state index contributed by atoms with van der Waals surface area (Å²) in [5.74, 6) is 0. The Kier molecular flexibility index (Phi) is 2.11. The number of sulfone groups is 1. The number of benzene rings is 2. The van der Waals surface area contributed by atoms with E-state index in [4.69, 9.17) is 5.11 Å². The van der Waals surface area contributed by atoms with Gasteiger partial charge in [0.15, 0.2) is 0 Å². The van der Waals surface area contributed by atoms with E-state index in [0.29, 0.717) is 15.8 Å². The number of aliphatic hydroxyl groups excluding tert-OH is 1. The van der Waals surface area contributed by atoms with Crippen molar-refractivity contribution in [1.82, 2.24) is 0 Å². The molecule has 86 valence electrons. The normalized spacial score (nSPS) is 16.9. The molecule has 2 aromatic rings. The van der Waals surface area contributed by atoms with Crippen LogP contribution in [0.4, 0.5) is 0 Å². The Bertz CT molecular complexity index is 742. The van der Waals surface area contributed by atoms with Gasteiger partial charge in [-0.05, 0) is 17.0 Å². The first-order chi connectivity index (χ1) is 8.14. The molecular formula is C13H10O3S. The molecule has 0 bridgehead atoms. The van der Waals surface area contributed by atoms with Gasteiger partial charge in [-0.3, -0.25) is 0 Å². The molecule has 3 rings (SSSR count). The van der Waals surface area contributed by atoms with Crippen LogP contribution in [0.25, 0.3) is 16.8 Å². The highest BCUT2D eigenvalue weighted by Crippen LogP contribution is 2.37. The summed E-state index contributed by atoms with van der Waals surface area (Å²) in [6, 6.07) is 11.0. The third-order valence-electron chi connectivity index (χ3n) is 3.00. The molecule has 1 aliphatic heterocycles. The zero-order valence-electron chi connectivity index (χ0n) is 8.92. The van der Waals surface area contributed by atoms with Gasteiger partial charge in [0.05, 0.1) is 16.4 Å². The van der Waals surface area contributed by atoms with E-state index >= 15 is 0 Å². The van der Waals surface area contributed by atoms with Gasteiger partial charge in [0.25, 0.3) is 0 Å². The molecular weight excluding hydrogens is 236 g/mol. The number of aliphatic hydroxyl groups is 1. The quantitative estimate of drug-likeness (QED) is 0.836. The van der Waals surface area contributed by atoms with Crippen LogP contribution >= 0.6 is 0 Å². The monoisotopic (exact) mass is 246 g/mol. The Morgan fingerprint density at radius 1 is 1.06 bits per heavy atom. The van der Waals surface area contributed by atoms with Gasteiger partial charge in [0.2, 0.25) is 9.84 Å². The molecule has 0 fully saturated rings. The molecule has 0 atom stereocenters. The highest BCUT2D eigenvalue weighted by molar-refractivity contribution is 7.96. The Labute approximate surface area is 98.9 Å². The van der Waals surface area contributed by atoms with E-state index in [-0.39, 0.29) is 4.91 Å². The first-order valence-electron chi connectivity index (χ1n) is 5.23. The van der Waals surface area contributed by atoms with Crippen LogP contribution in [0.3, 0.4) is 0 Å². The average molecular weight is 246 g/mol. The van der Waals surface area contributed by atoms with Gasteiger partial charge in [-0.15, -0.1) is 0 Å². The molecule has 0 aliphatic carbocycles. The number of hydrogen-bond acceptors (Lipinski definition) is 3. The van der Waals surface area contributed by atoms with Crippen LogP contribution in [-0.4, -0.2) is 20.1 Å². The largest absolute Gasteiger partial charge is 0.391 e. The van der Waals surface area contributed by atoms with Crippen molar-refractivity contribution in [2.45, 2.75) is 4.90 Å². The van der Waals surface area contributed by atoms with Crippen LogP contribution in [0.15, 0.2) is 46.2 Å². The lowest BCUT2D eigenvalue weighted by Gasteiger charge is -2.05. The minimum Gasteiger partial charge on any atom is -0.391 e. The van der Waals surface area contributed by atoms with E-state index in [9.17, 15) is 8.42 Å².